The molecule has 0 bridgehead atoms. The van der Waals surface area contributed by atoms with Gasteiger partial charge in [-0.25, -0.2) is 0 Å². The van der Waals surface area contributed by atoms with Gasteiger partial charge in [0.05, 0.1) is 94.6 Å². The number of hydrogen-bond acceptors (Lipinski definition) is 43. The Balaban J connectivity index is 0.811. The van der Waals surface area contributed by atoms with Crippen molar-refractivity contribution in [1.82, 2.24) is 10.6 Å². The third-order valence-corrected chi connectivity index (χ3v) is 20.4. The van der Waals surface area contributed by atoms with Crippen LogP contribution < -0.4 is 10.6 Å². The Kier molecular flexibility index (Phi) is 30.1. The number of ether oxygens (including phenoxy) is 14. The van der Waals surface area contributed by atoms with Crippen LogP contribution in [0.4, 0.5) is 0 Å². The Bertz CT molecular complexity index is 2750. The van der Waals surface area contributed by atoms with Crippen molar-refractivity contribution >= 4 is 5.97 Å². The highest BCUT2D eigenvalue weighted by molar-refractivity contribution is 5.69. The average molecular weight is 1520 g/mol. The average Bonchev–Trinajstić information content (AvgIpc) is 0.777. The molecule has 104 heavy (non-hydrogen) atoms. The van der Waals surface area contributed by atoms with E-state index >= 15 is 0 Å². The zero-order valence-electron chi connectivity index (χ0n) is 56.5. The van der Waals surface area contributed by atoms with E-state index in [4.69, 9.17) is 66.3 Å². The lowest BCUT2D eigenvalue weighted by atomic mass is 9.86. The molecule has 0 radical (unpaired) electrons. The van der Waals surface area contributed by atoms with E-state index in [1.807, 2.05) is 0 Å². The number of carbonyl (C=O) groups excluding carboxylic acids is 1. The molecule has 7 unspecified atom stereocenters. The van der Waals surface area contributed by atoms with Gasteiger partial charge in [-0.15, -0.1) is 0 Å². The maximum Gasteiger partial charge on any atom is 0.308 e. The molecule has 28 N–H and O–H groups in total. The molecule has 0 aromatic heterocycles. The lowest BCUT2D eigenvalue weighted by molar-refractivity contribution is -0.389. The predicted molar refractivity (Wildman–Crippen MR) is 328 cm³/mol. The fourth-order valence-corrected chi connectivity index (χ4v) is 14.2. The minimum absolute atomic E-state index is 0.0388. The van der Waals surface area contributed by atoms with Crippen LogP contribution in [0.3, 0.4) is 0 Å². The van der Waals surface area contributed by atoms with Crippen LogP contribution >= 0.6 is 0 Å². The van der Waals surface area contributed by atoms with Crippen molar-refractivity contribution in [2.24, 2.45) is 5.92 Å². The van der Waals surface area contributed by atoms with Gasteiger partial charge < -0.3 is 210 Å². The summed E-state index contributed by atoms with van der Waals surface area (Å²) in [5.74, 6) is -2.20. The van der Waals surface area contributed by atoms with Gasteiger partial charge in [-0.3, -0.25) is 4.79 Å². The van der Waals surface area contributed by atoms with E-state index in [-0.39, 0.29) is 11.1 Å². The number of hydrogen-bond donors (Lipinski definition) is 28. The van der Waals surface area contributed by atoms with E-state index in [2.05, 4.69) is 10.6 Å². The van der Waals surface area contributed by atoms with Gasteiger partial charge in [-0.2, -0.15) is 0 Å². The lowest BCUT2D eigenvalue weighted by Gasteiger charge is -2.50. The minimum atomic E-state index is -2.19. The Morgan fingerprint density at radius 1 is 0.394 bits per heavy atom. The molecule has 7 fully saturated rings. The molecule has 43 heteroatoms. The van der Waals surface area contributed by atoms with Crippen molar-refractivity contribution in [3.05, 3.63) is 23.3 Å². The largest absolute Gasteiger partial charge is 0.463 e. The Hall–Kier alpha value is -2.69. The minimum Gasteiger partial charge on any atom is -0.463 e. The van der Waals surface area contributed by atoms with Crippen LogP contribution in [-0.4, -0.2) is 449 Å². The molecule has 9 rings (SSSR count). The molecule has 0 saturated carbocycles. The molecular weight excluding hydrogens is 1420 g/mol. The van der Waals surface area contributed by atoms with Gasteiger partial charge in [-0.1, -0.05) is 19.1 Å². The van der Waals surface area contributed by atoms with Crippen LogP contribution in [0.1, 0.15) is 34.1 Å². The molecule has 0 spiro atoms. The predicted octanol–water partition coefficient (Wildman–Crippen LogP) is -16.7. The second-order valence-corrected chi connectivity index (χ2v) is 27.6. The van der Waals surface area contributed by atoms with Gasteiger partial charge in [0, 0.05) is 5.92 Å². The molecule has 0 aromatic rings. The summed E-state index contributed by atoms with van der Waals surface area (Å²) in [6, 6.07) is -5.16. The summed E-state index contributed by atoms with van der Waals surface area (Å²) in [5, 5.41) is 288. The zero-order chi connectivity index (χ0) is 76.5. The van der Waals surface area contributed by atoms with Crippen LogP contribution in [0.5, 0.6) is 0 Å². The number of carbonyl (C=O) groups is 1. The second kappa shape index (κ2) is 36.6. The summed E-state index contributed by atoms with van der Waals surface area (Å²) in [6.45, 7) is -0.734. The number of aliphatic hydroxyl groups excluding tert-OH is 26. The van der Waals surface area contributed by atoms with E-state index in [0.29, 0.717) is 0 Å². The molecule has 0 amide bonds. The number of aliphatic hydroxyl groups is 26. The first-order valence-electron chi connectivity index (χ1n) is 34.0. The third-order valence-electron chi connectivity index (χ3n) is 20.4. The van der Waals surface area contributed by atoms with Crippen molar-refractivity contribution in [3.63, 3.8) is 0 Å². The molecule has 7 heterocycles. The summed E-state index contributed by atoms with van der Waals surface area (Å²) in [6.07, 6.45) is -68.4. The van der Waals surface area contributed by atoms with Gasteiger partial charge in [0.25, 0.3) is 0 Å². The Morgan fingerprint density at radius 2 is 0.740 bits per heavy atom. The quantitative estimate of drug-likeness (QED) is 0.0282. The van der Waals surface area contributed by atoms with Crippen molar-refractivity contribution in [3.8, 4) is 0 Å². The van der Waals surface area contributed by atoms with E-state index in [1.165, 1.54) is 39.8 Å². The highest BCUT2D eigenvalue weighted by Crippen LogP contribution is 2.40. The maximum atomic E-state index is 12.8. The molecule has 602 valence electrons. The normalized spacial score (nSPS) is 50.8. The fraction of sp³-hybridized carbons (Fsp3) is 0.918. The first kappa shape index (κ1) is 85.3. The first-order chi connectivity index (χ1) is 49.1. The van der Waals surface area contributed by atoms with Gasteiger partial charge in [0.1, 0.15) is 178 Å². The van der Waals surface area contributed by atoms with Crippen molar-refractivity contribution in [2.75, 3.05) is 46.2 Å². The number of rotatable bonds is 26. The SMILES string of the molecule is CC(O)CC(=O)OC[C@H]1O[C@H](O[C@H]2[C@@H](O)[C@@H](O)[C@@H](O[C@@H]3[C@@H](O)[C@@H](O)[C@@H](O[C@@H]4[C@@H](O)[C@@H](O)C(O)O[C@@H]4CO)O[C@@H]3CO)O[C@@H]2CO)[C@H](O)[C@H](C)[C@@H]1O[C@H]1O[C@H](C)[C@@H](NC2C=C(CO)[C@@H](O[C@H]3O[C@H](CO)[C@@H](O[C@H]4O[C@H](C)C(N[C@H]5C=C(CO)C(O)C(O)[C@H]5O)[C@@H](O)[C@H]4O)[C@@H](O)[C@H]3O)C(O)[C@H]2O)[C@@H](O)[C@H]1O. The summed E-state index contributed by atoms with van der Waals surface area (Å²) in [7, 11) is 0. The van der Waals surface area contributed by atoms with Crippen LogP contribution in [0.2, 0.25) is 0 Å². The zero-order valence-corrected chi connectivity index (χ0v) is 56.5. The highest BCUT2D eigenvalue weighted by Gasteiger charge is 2.59. The molecule has 43 nitrogen and oxygen atoms in total. The van der Waals surface area contributed by atoms with Crippen molar-refractivity contribution in [1.29, 1.82) is 0 Å². The second-order valence-electron chi connectivity index (χ2n) is 27.6. The van der Waals surface area contributed by atoms with E-state index in [1.54, 1.807) is 0 Å². The van der Waals surface area contributed by atoms with Crippen molar-refractivity contribution < 1.29 is 204 Å². The molecule has 7 aliphatic heterocycles. The van der Waals surface area contributed by atoms with Crippen LogP contribution in [0.15, 0.2) is 23.3 Å². The van der Waals surface area contributed by atoms with E-state index in [9.17, 15) is 138 Å². The fourth-order valence-electron chi connectivity index (χ4n) is 14.2. The topological polar surface area (TPSA) is 696 Å². The molecule has 9 aliphatic rings. The smallest absolute Gasteiger partial charge is 0.308 e. The van der Waals surface area contributed by atoms with Gasteiger partial charge >= 0.3 is 5.97 Å². The van der Waals surface area contributed by atoms with E-state index < -0.39 is 328 Å². The van der Waals surface area contributed by atoms with Crippen LogP contribution in [0.25, 0.3) is 0 Å². The van der Waals surface area contributed by atoms with Crippen LogP contribution in [0, 0.1) is 5.92 Å². The molecular formula is C61H102N2O41. The Morgan fingerprint density at radius 3 is 1.15 bits per heavy atom. The molecule has 0 aromatic carbocycles. The molecule has 2 aliphatic carbocycles. The lowest BCUT2D eigenvalue weighted by Crippen LogP contribution is -2.68. The monoisotopic (exact) mass is 1520 g/mol. The number of esters is 1. The van der Waals surface area contributed by atoms with Gasteiger partial charge in [-0.05, 0) is 31.9 Å². The summed E-state index contributed by atoms with van der Waals surface area (Å²) in [5.41, 5.74) is -0.223. The summed E-state index contributed by atoms with van der Waals surface area (Å²) < 4.78 is 80.8. The van der Waals surface area contributed by atoms with Crippen molar-refractivity contribution in [2.45, 2.75) is 298 Å². The Labute approximate surface area is 592 Å². The highest BCUT2D eigenvalue weighted by atomic mass is 16.8. The summed E-state index contributed by atoms with van der Waals surface area (Å²) >= 11 is 0. The molecule has 44 atom stereocenters. The van der Waals surface area contributed by atoms with Gasteiger partial charge in [0.15, 0.2) is 44.0 Å². The van der Waals surface area contributed by atoms with Crippen LogP contribution in [-0.2, 0) is 71.1 Å². The first-order valence-corrected chi connectivity index (χ1v) is 34.0. The van der Waals surface area contributed by atoms with E-state index in [0.717, 1.165) is 0 Å². The maximum absolute atomic E-state index is 12.8. The summed E-state index contributed by atoms with van der Waals surface area (Å²) in [4.78, 5) is 12.8. The standard InChI is InChI=1S/C61H102N2O41/c1-15(70)5-28(71)91-14-27-49(16(2)31(72)56(98-27)101-52-24(11-67)96-61(47(88)41(52)82)104-54-26(13-69)97-60(48(89)42(54)83)103-51-23(10-66)94-55(90)43(84)39(51)80)99-57-44(85)35(76)30(17(3)92-57)63-22-7-20(9-65)50(38(79)34(22)75)100-59-46(87)40(81)53(25(12-68)95-59)102-58-45(86)36(77)29(18(4)93-58)62-21-6-19(8-64)32(73)37(78)33(21)74/h6-7,15-18,21-27,29-70,72-90H,5,8-14H2,1-4H3/t15?,16-,17+,18+,21-,22?,23+,24+,25+,26+,27+,29?,30+,31+,32?,33-,34-,35+,36+,37?,38?,39-,40-,41-,42-,43+,44+,45+,46+,47+,48+,49-,50+,51-,52+,53+,54-,55?,56+,57+,58+,59+,60+,61+/m0/s1. The van der Waals surface area contributed by atoms with Gasteiger partial charge in [0.2, 0.25) is 0 Å². The molecule has 7 saturated heterocycles. The number of nitrogens with one attached hydrogen (secondary N) is 2. The third kappa shape index (κ3) is 18.1.